The van der Waals surface area contributed by atoms with E-state index in [-0.39, 0.29) is 34.2 Å². The first-order chi connectivity index (χ1) is 13.9. The molecule has 0 spiro atoms. The van der Waals surface area contributed by atoms with Gasteiger partial charge in [-0.15, -0.1) is 11.3 Å². The van der Waals surface area contributed by atoms with E-state index in [2.05, 4.69) is 9.97 Å². The second-order valence-electron chi connectivity index (χ2n) is 7.19. The number of nitrogens with zero attached hydrogens (tertiary/aromatic N) is 2. The van der Waals surface area contributed by atoms with Crippen LogP contribution in [0.3, 0.4) is 0 Å². The molecule has 0 saturated carbocycles. The Morgan fingerprint density at radius 2 is 2.10 bits per heavy atom. The Balaban J connectivity index is 1.81. The van der Waals surface area contributed by atoms with Gasteiger partial charge in [0, 0.05) is 17.3 Å². The van der Waals surface area contributed by atoms with E-state index in [1.54, 1.807) is 11.8 Å². The van der Waals surface area contributed by atoms with Gasteiger partial charge in [0.15, 0.2) is 0 Å². The molecule has 8 heteroatoms. The van der Waals surface area contributed by atoms with Gasteiger partial charge >= 0.3 is 5.97 Å². The van der Waals surface area contributed by atoms with Crippen molar-refractivity contribution in [3.8, 4) is 0 Å². The fourth-order valence-electron chi connectivity index (χ4n) is 3.90. The molecule has 4 rings (SSSR count). The van der Waals surface area contributed by atoms with Crippen LogP contribution in [0.4, 0.5) is 5.69 Å². The first-order valence-corrected chi connectivity index (χ1v) is 10.2. The number of para-hydroxylation sites is 1. The smallest absolute Gasteiger partial charge is 0.348 e. The van der Waals surface area contributed by atoms with Crippen molar-refractivity contribution in [3.63, 3.8) is 0 Å². The van der Waals surface area contributed by atoms with Crippen LogP contribution in [0.25, 0.3) is 10.2 Å². The highest BCUT2D eigenvalue weighted by Crippen LogP contribution is 2.33. The number of hydrogen-bond donors (Lipinski definition) is 1. The van der Waals surface area contributed by atoms with Crippen molar-refractivity contribution in [1.82, 2.24) is 9.97 Å². The van der Waals surface area contributed by atoms with E-state index in [1.807, 2.05) is 31.2 Å². The summed E-state index contributed by atoms with van der Waals surface area (Å²) in [6.07, 6.45) is 1.70. The number of thiophene rings is 1. The Kier molecular flexibility index (Phi) is 4.96. The molecular weight excluding hydrogens is 390 g/mol. The molecule has 0 radical (unpaired) electrons. The third-order valence-electron chi connectivity index (χ3n) is 5.27. The number of fused-ring (bicyclic) bond motifs is 2. The molecule has 29 heavy (non-hydrogen) atoms. The number of benzene rings is 1. The summed E-state index contributed by atoms with van der Waals surface area (Å²) in [5.74, 6) is -0.272. The van der Waals surface area contributed by atoms with Crippen LogP contribution in [0.15, 0.2) is 29.1 Å². The number of H-pyrrole nitrogens is 1. The fraction of sp³-hybridized carbons (Fsp3) is 0.333. The van der Waals surface area contributed by atoms with Gasteiger partial charge in [-0.1, -0.05) is 18.2 Å². The van der Waals surface area contributed by atoms with Crippen LogP contribution in [0, 0.1) is 6.92 Å². The molecular formula is C21H21N3O4S. The molecule has 0 saturated heterocycles. The van der Waals surface area contributed by atoms with Gasteiger partial charge in [-0.25, -0.2) is 9.78 Å². The molecule has 1 atom stereocenters. The number of carbonyl (C=O) groups is 2. The van der Waals surface area contributed by atoms with Crippen molar-refractivity contribution in [2.24, 2.45) is 0 Å². The molecule has 7 nitrogen and oxygen atoms in total. The summed E-state index contributed by atoms with van der Waals surface area (Å²) in [5.41, 5.74) is 2.04. The zero-order valence-corrected chi connectivity index (χ0v) is 17.3. The van der Waals surface area contributed by atoms with Crippen LogP contribution < -0.4 is 10.5 Å². The summed E-state index contributed by atoms with van der Waals surface area (Å²) in [5, 5.41) is 0.285. The molecule has 1 aromatic carbocycles. The zero-order valence-electron chi connectivity index (χ0n) is 16.4. The fourth-order valence-corrected chi connectivity index (χ4v) is 5.06. The number of esters is 1. The molecule has 1 amide bonds. The second-order valence-corrected chi connectivity index (χ2v) is 8.19. The van der Waals surface area contributed by atoms with Crippen molar-refractivity contribution >= 4 is 39.1 Å². The predicted molar refractivity (Wildman–Crippen MR) is 112 cm³/mol. The molecule has 0 unspecified atom stereocenters. The molecule has 3 aromatic rings. The maximum Gasteiger partial charge on any atom is 0.348 e. The van der Waals surface area contributed by atoms with Crippen LogP contribution in [0.5, 0.6) is 0 Å². The van der Waals surface area contributed by atoms with Crippen LogP contribution >= 0.6 is 11.3 Å². The van der Waals surface area contributed by atoms with Crippen LogP contribution in [-0.2, 0) is 22.4 Å². The number of carbonyl (C=O) groups excluding carboxylic acids is 2. The van der Waals surface area contributed by atoms with Crippen molar-refractivity contribution in [1.29, 1.82) is 0 Å². The lowest BCUT2D eigenvalue weighted by Gasteiger charge is -2.35. The van der Waals surface area contributed by atoms with Crippen LogP contribution in [-0.4, -0.2) is 35.0 Å². The van der Waals surface area contributed by atoms with Crippen molar-refractivity contribution in [2.45, 2.75) is 39.2 Å². The Bertz CT molecular complexity index is 1180. The molecule has 1 aliphatic heterocycles. The molecule has 3 heterocycles. The quantitative estimate of drug-likeness (QED) is 0.669. The third-order valence-corrected chi connectivity index (χ3v) is 6.38. The van der Waals surface area contributed by atoms with Gasteiger partial charge in [0.25, 0.3) is 5.56 Å². The van der Waals surface area contributed by atoms with Crippen LogP contribution in [0.2, 0.25) is 0 Å². The molecule has 2 aromatic heterocycles. The Labute approximate surface area is 171 Å². The highest BCUT2D eigenvalue weighted by atomic mass is 32.1. The number of aromatic nitrogens is 2. The average Bonchev–Trinajstić information content (AvgIpc) is 3.05. The Morgan fingerprint density at radius 1 is 1.34 bits per heavy atom. The largest absolute Gasteiger partial charge is 0.465 e. The number of ether oxygens (including phenoxy) is 1. The lowest BCUT2D eigenvalue weighted by molar-refractivity contribution is -0.118. The minimum Gasteiger partial charge on any atom is -0.465 e. The highest BCUT2D eigenvalue weighted by molar-refractivity contribution is 7.20. The minimum absolute atomic E-state index is 0.0301. The summed E-state index contributed by atoms with van der Waals surface area (Å²) in [7, 11) is 1.28. The van der Waals surface area contributed by atoms with E-state index in [9.17, 15) is 14.4 Å². The highest BCUT2D eigenvalue weighted by Gasteiger charge is 2.31. The summed E-state index contributed by atoms with van der Waals surface area (Å²) >= 11 is 1.08. The molecule has 0 aliphatic carbocycles. The van der Waals surface area contributed by atoms with Gasteiger partial charge in [0.05, 0.1) is 18.9 Å². The van der Waals surface area contributed by atoms with Gasteiger partial charge in [-0.2, -0.15) is 0 Å². The SMILES string of the molecule is COC(=O)c1sc2nc(C)[nH]c(=O)c2c1CC(=O)N1c2ccccc2CC[C@H]1C. The Hall–Kier alpha value is -3.00. The van der Waals surface area contributed by atoms with Gasteiger partial charge in [-0.3, -0.25) is 9.59 Å². The summed E-state index contributed by atoms with van der Waals surface area (Å²) in [6, 6.07) is 7.87. The van der Waals surface area contributed by atoms with E-state index < -0.39 is 5.97 Å². The number of hydrogen-bond acceptors (Lipinski definition) is 6. The van der Waals surface area contributed by atoms with E-state index in [4.69, 9.17) is 4.74 Å². The number of nitrogens with one attached hydrogen (secondary N) is 1. The lowest BCUT2D eigenvalue weighted by Crippen LogP contribution is -2.43. The van der Waals surface area contributed by atoms with Crippen molar-refractivity contribution < 1.29 is 14.3 Å². The molecule has 1 N–H and O–H groups in total. The van der Waals surface area contributed by atoms with Crippen molar-refractivity contribution in [3.05, 3.63) is 56.4 Å². The lowest BCUT2D eigenvalue weighted by atomic mass is 9.95. The summed E-state index contributed by atoms with van der Waals surface area (Å²) in [6.45, 7) is 3.69. The van der Waals surface area contributed by atoms with E-state index in [0.717, 1.165) is 35.4 Å². The van der Waals surface area contributed by atoms with E-state index in [1.165, 1.54) is 7.11 Å². The zero-order chi connectivity index (χ0) is 20.7. The number of aromatic amines is 1. The maximum absolute atomic E-state index is 13.4. The maximum atomic E-state index is 13.4. The predicted octanol–water partition coefficient (Wildman–Crippen LogP) is 2.99. The Morgan fingerprint density at radius 3 is 2.86 bits per heavy atom. The summed E-state index contributed by atoms with van der Waals surface area (Å²) in [4.78, 5) is 47.8. The monoisotopic (exact) mass is 411 g/mol. The minimum atomic E-state index is -0.569. The third kappa shape index (κ3) is 3.33. The van der Waals surface area contributed by atoms with E-state index >= 15 is 0 Å². The van der Waals surface area contributed by atoms with Gasteiger partial charge in [-0.05, 0) is 38.3 Å². The average molecular weight is 411 g/mol. The van der Waals surface area contributed by atoms with Crippen LogP contribution in [0.1, 0.15) is 40.0 Å². The molecule has 150 valence electrons. The first kappa shape index (κ1) is 19.3. The normalized spacial score (nSPS) is 16.0. The number of amides is 1. The van der Waals surface area contributed by atoms with Crippen molar-refractivity contribution in [2.75, 3.05) is 12.0 Å². The molecule has 0 bridgehead atoms. The number of methoxy groups -OCH3 is 1. The topological polar surface area (TPSA) is 92.4 Å². The van der Waals surface area contributed by atoms with Gasteiger partial charge < -0.3 is 14.6 Å². The first-order valence-electron chi connectivity index (χ1n) is 9.41. The van der Waals surface area contributed by atoms with E-state index in [0.29, 0.717) is 16.2 Å². The molecule has 1 aliphatic rings. The number of anilines is 1. The number of rotatable bonds is 3. The van der Waals surface area contributed by atoms with Gasteiger partial charge in [0.2, 0.25) is 5.91 Å². The number of aryl methyl sites for hydroxylation is 2. The second kappa shape index (κ2) is 7.44. The summed E-state index contributed by atoms with van der Waals surface area (Å²) < 4.78 is 4.89. The molecule has 0 fully saturated rings. The van der Waals surface area contributed by atoms with Gasteiger partial charge in [0.1, 0.15) is 15.5 Å². The standard InChI is InChI=1S/C21H21N3O4S/c1-11-8-9-13-6-4-5-7-15(13)24(11)16(25)10-14-17-19(26)22-12(2)23-20(17)29-18(14)21(27)28-3/h4-7,11H,8-10H2,1-3H3,(H,22,23,26)/t11-/m1/s1.